The van der Waals surface area contributed by atoms with Gasteiger partial charge in [-0.25, -0.2) is 0 Å². The molecule has 4 rings (SSSR count). The molecule has 0 spiro atoms. The zero-order valence-electron chi connectivity index (χ0n) is 18.8. The van der Waals surface area contributed by atoms with Gasteiger partial charge in [-0.05, 0) is 80.0 Å². The molecule has 0 aromatic heterocycles. The van der Waals surface area contributed by atoms with E-state index < -0.39 is 19.5 Å². The Labute approximate surface area is 150 Å². The van der Waals surface area contributed by atoms with Crippen molar-refractivity contribution >= 4 is 5.71 Å². The quantitative estimate of drug-likeness (QED) is 0.812. The molecule has 2 N–H and O–H groups in total. The highest BCUT2D eigenvalue weighted by atomic mass is 16.6. The number of fused-ring (bicyclic) bond motifs is 5. The van der Waals surface area contributed by atoms with Crippen molar-refractivity contribution in [2.75, 3.05) is 6.56 Å². The Morgan fingerprint density at radius 3 is 3.17 bits per heavy atom. The van der Waals surface area contributed by atoms with Crippen LogP contribution < -0.4 is 0 Å². The molecule has 4 nitrogen and oxygen atoms in total. The first-order valence-corrected chi connectivity index (χ1v) is 8.69. The van der Waals surface area contributed by atoms with Gasteiger partial charge in [-0.2, -0.15) is 0 Å². The first kappa shape index (κ1) is 11.1. The monoisotopic (exact) mass is 334 g/mol. The van der Waals surface area contributed by atoms with E-state index in [1.54, 1.807) is 6.07 Å². The van der Waals surface area contributed by atoms with Gasteiger partial charge in [0.05, 0.1) is 8.45 Å². The number of phenols is 1. The maximum absolute atomic E-state index is 11.0. The molecule has 0 bridgehead atoms. The summed E-state index contributed by atoms with van der Waals surface area (Å²) in [5.74, 6) is 1.17. The van der Waals surface area contributed by atoms with Crippen LogP contribution in [0.1, 0.15) is 63.4 Å². The highest BCUT2D eigenvalue weighted by Gasteiger charge is 2.57. The summed E-state index contributed by atoms with van der Waals surface area (Å²) in [4.78, 5) is 4.78. The van der Waals surface area contributed by atoms with Gasteiger partial charge in [-0.15, -0.1) is 0 Å². The fraction of sp³-hybridized carbons (Fsp3) is 0.650. The molecule has 3 aliphatic carbocycles. The fourth-order valence-electron chi connectivity index (χ4n) is 5.53. The lowest BCUT2D eigenvalue weighted by Gasteiger charge is -2.49. The minimum absolute atomic E-state index is 0.166. The summed E-state index contributed by atoms with van der Waals surface area (Å²) in [6.07, 6.45) is 3.16. The van der Waals surface area contributed by atoms with E-state index in [0.717, 1.165) is 25.7 Å². The topological polar surface area (TPSA) is 62.0 Å². The average Bonchev–Trinajstić information content (AvgIpc) is 2.90. The van der Waals surface area contributed by atoms with Crippen LogP contribution in [0.4, 0.5) is 0 Å². The lowest BCUT2D eigenvalue weighted by Crippen LogP contribution is -2.44. The van der Waals surface area contributed by atoms with Gasteiger partial charge >= 0.3 is 0 Å². The normalized spacial score (nSPS) is 43.4. The first-order valence-electron chi connectivity index (χ1n) is 11.2. The molecular formula is C20H27NO3. The van der Waals surface area contributed by atoms with Gasteiger partial charge in [0.2, 0.25) is 0 Å². The Kier molecular flexibility index (Phi) is 2.68. The molecule has 1 aromatic carbocycles. The number of hydrogen-bond donors (Lipinski definition) is 2. The predicted molar refractivity (Wildman–Crippen MR) is 93.2 cm³/mol. The van der Waals surface area contributed by atoms with Crippen molar-refractivity contribution in [3.05, 3.63) is 29.3 Å². The maximum Gasteiger partial charge on any atom is 0.115 e. The van der Waals surface area contributed by atoms with Crippen molar-refractivity contribution in [1.82, 2.24) is 0 Å². The van der Waals surface area contributed by atoms with Crippen LogP contribution in [0.5, 0.6) is 5.75 Å². The molecule has 2 saturated carbocycles. The molecule has 130 valence electrons. The molecule has 1 aromatic rings. The smallest absolute Gasteiger partial charge is 0.115 e. The van der Waals surface area contributed by atoms with Crippen molar-refractivity contribution in [2.45, 2.75) is 57.9 Å². The summed E-state index contributed by atoms with van der Waals surface area (Å²) in [6, 6.07) is 5.59. The Morgan fingerprint density at radius 1 is 1.46 bits per heavy atom. The Bertz CT molecular complexity index is 840. The summed E-state index contributed by atoms with van der Waals surface area (Å²) in [5, 5.41) is 24.6. The summed E-state index contributed by atoms with van der Waals surface area (Å²) in [7, 11) is 0. The Balaban J connectivity index is 1.60. The summed E-state index contributed by atoms with van der Waals surface area (Å²) in [6.45, 7) is -3.81. The summed E-state index contributed by atoms with van der Waals surface area (Å²) < 4.78 is 36.9. The minimum Gasteiger partial charge on any atom is -0.508 e. The molecule has 0 saturated heterocycles. The van der Waals surface area contributed by atoms with E-state index >= 15 is 0 Å². The van der Waals surface area contributed by atoms with E-state index in [9.17, 15) is 10.2 Å². The van der Waals surface area contributed by atoms with E-state index in [2.05, 4.69) is 5.16 Å². The van der Waals surface area contributed by atoms with Crippen molar-refractivity contribution in [3.63, 3.8) is 0 Å². The molecule has 0 amide bonds. The van der Waals surface area contributed by atoms with Crippen LogP contribution in [-0.2, 0) is 11.3 Å². The number of aromatic hydroxyl groups is 1. The number of benzene rings is 1. The van der Waals surface area contributed by atoms with Gasteiger partial charge in [0.1, 0.15) is 18.4 Å². The Hall–Kier alpha value is -1.55. The van der Waals surface area contributed by atoms with Gasteiger partial charge in [0.25, 0.3) is 0 Å². The summed E-state index contributed by atoms with van der Waals surface area (Å²) in [5.41, 5.74) is 2.42. The van der Waals surface area contributed by atoms with Crippen LogP contribution in [-0.4, -0.2) is 28.6 Å². The SMILES string of the molecule is [2H]C([2H])([2H])C([2H])([2H])O/N=C1/C[C@H]2[C@@H]3CCc4cc(O)ccc4[C@H]3CC[C@]2(C)[C@H]1O. The minimum atomic E-state index is -2.96. The van der Waals surface area contributed by atoms with Gasteiger partial charge < -0.3 is 15.1 Å². The molecular weight excluding hydrogens is 302 g/mol. The molecule has 2 fully saturated rings. The maximum atomic E-state index is 11.0. The van der Waals surface area contributed by atoms with E-state index in [1.165, 1.54) is 11.1 Å². The number of hydrogen-bond acceptors (Lipinski definition) is 4. The molecule has 0 aliphatic heterocycles. The number of aryl methyl sites for hydroxylation is 1. The average molecular weight is 334 g/mol. The molecule has 0 unspecified atom stereocenters. The van der Waals surface area contributed by atoms with Crippen LogP contribution in [0.25, 0.3) is 0 Å². The first-order chi connectivity index (χ1) is 13.4. The van der Waals surface area contributed by atoms with E-state index in [1.807, 2.05) is 19.1 Å². The highest BCUT2D eigenvalue weighted by molar-refractivity contribution is 5.91. The molecule has 5 atom stereocenters. The standard InChI is InChI=1S/C20H27NO3/c1-3-24-21-18-11-17-16-6-4-12-10-13(22)5-7-14(12)15(16)8-9-20(17,2)19(18)23/h5,7,10,15-17,19,22-23H,3-4,6,8-9,11H2,1-2H3/b21-18-/t15-,16-,17+,19+,20+/m1/s1/i1D3,3D2. The number of rotatable bonds is 2. The number of oxime groups is 1. The lowest BCUT2D eigenvalue weighted by molar-refractivity contribution is -0.0123. The van der Waals surface area contributed by atoms with Gasteiger partial charge in [0.15, 0.2) is 0 Å². The van der Waals surface area contributed by atoms with Crippen molar-refractivity contribution in [1.29, 1.82) is 0 Å². The molecule has 3 aliphatic rings. The largest absolute Gasteiger partial charge is 0.508 e. The molecule has 4 heteroatoms. The third kappa shape index (κ3) is 2.26. The number of aliphatic hydroxyl groups is 1. The highest BCUT2D eigenvalue weighted by Crippen LogP contribution is 2.60. The van der Waals surface area contributed by atoms with Gasteiger partial charge in [-0.1, -0.05) is 18.1 Å². The number of aliphatic hydroxyl groups excluding tert-OH is 1. The van der Waals surface area contributed by atoms with E-state index in [0.29, 0.717) is 24.0 Å². The zero-order valence-corrected chi connectivity index (χ0v) is 13.8. The second kappa shape index (κ2) is 5.76. The number of nitrogens with zero attached hydrogens (tertiary/aromatic N) is 1. The van der Waals surface area contributed by atoms with Crippen LogP contribution in [0.2, 0.25) is 0 Å². The molecule has 0 radical (unpaired) electrons. The van der Waals surface area contributed by atoms with E-state index in [4.69, 9.17) is 11.7 Å². The second-order valence-corrected chi connectivity index (χ2v) is 7.73. The van der Waals surface area contributed by atoms with Crippen molar-refractivity contribution in [2.24, 2.45) is 22.4 Å². The molecule has 0 heterocycles. The number of phenolic OH excluding ortho intramolecular Hbond substituents is 1. The van der Waals surface area contributed by atoms with Crippen molar-refractivity contribution < 1.29 is 21.9 Å². The zero-order chi connectivity index (χ0) is 21.2. The molecule has 24 heavy (non-hydrogen) atoms. The second-order valence-electron chi connectivity index (χ2n) is 7.73. The third-order valence-electron chi connectivity index (χ3n) is 6.73. The van der Waals surface area contributed by atoms with Crippen LogP contribution >= 0.6 is 0 Å². The van der Waals surface area contributed by atoms with Crippen molar-refractivity contribution in [3.8, 4) is 5.75 Å². The summed E-state index contributed by atoms with van der Waals surface area (Å²) >= 11 is 0. The van der Waals surface area contributed by atoms with Gasteiger partial charge in [-0.3, -0.25) is 0 Å². The van der Waals surface area contributed by atoms with Gasteiger partial charge in [0, 0.05) is 9.53 Å². The lowest BCUT2D eigenvalue weighted by atomic mass is 9.55. The van der Waals surface area contributed by atoms with Crippen LogP contribution in [0.15, 0.2) is 23.4 Å². The Morgan fingerprint density at radius 2 is 2.33 bits per heavy atom. The predicted octanol–water partition coefficient (Wildman–Crippen LogP) is 3.61. The van der Waals surface area contributed by atoms with E-state index in [-0.39, 0.29) is 17.1 Å². The fourth-order valence-corrected chi connectivity index (χ4v) is 5.53. The van der Waals surface area contributed by atoms with Crippen LogP contribution in [0, 0.1) is 17.3 Å². The van der Waals surface area contributed by atoms with Crippen LogP contribution in [0.3, 0.4) is 0 Å². The third-order valence-corrected chi connectivity index (χ3v) is 6.73.